The van der Waals surface area contributed by atoms with Crippen molar-refractivity contribution in [2.45, 2.75) is 0 Å². The molecular formula is C12H7BrClN3O3. The molecule has 0 saturated heterocycles. The summed E-state index contributed by atoms with van der Waals surface area (Å²) in [5.74, 6) is -0.543. The number of benzene rings is 1. The first-order valence-corrected chi connectivity index (χ1v) is 6.50. The van der Waals surface area contributed by atoms with Gasteiger partial charge in [-0.05, 0) is 28.1 Å². The van der Waals surface area contributed by atoms with Gasteiger partial charge in [-0.2, -0.15) is 0 Å². The fraction of sp³-hybridized carbons (Fsp3) is 0. The number of carbonyl (C=O) groups is 1. The zero-order chi connectivity index (χ0) is 14.7. The van der Waals surface area contributed by atoms with Gasteiger partial charge in [-0.25, -0.2) is 0 Å². The number of rotatable bonds is 3. The van der Waals surface area contributed by atoms with Gasteiger partial charge in [0.05, 0.1) is 27.4 Å². The van der Waals surface area contributed by atoms with Crippen molar-refractivity contribution in [3.05, 3.63) is 61.8 Å². The van der Waals surface area contributed by atoms with E-state index in [1.165, 1.54) is 18.3 Å². The number of aromatic nitrogens is 1. The summed E-state index contributed by atoms with van der Waals surface area (Å²) in [5.41, 5.74) is 0.278. The normalized spacial score (nSPS) is 10.1. The van der Waals surface area contributed by atoms with Crippen molar-refractivity contribution >= 4 is 44.8 Å². The molecule has 102 valence electrons. The van der Waals surface area contributed by atoms with Crippen LogP contribution in [0.3, 0.4) is 0 Å². The molecule has 1 amide bonds. The Kier molecular flexibility index (Phi) is 4.31. The van der Waals surface area contributed by atoms with Crippen molar-refractivity contribution in [2.75, 3.05) is 5.32 Å². The second-order valence-corrected chi connectivity index (χ2v) is 5.09. The van der Waals surface area contributed by atoms with E-state index in [1.54, 1.807) is 12.3 Å². The van der Waals surface area contributed by atoms with Gasteiger partial charge < -0.3 is 5.32 Å². The summed E-state index contributed by atoms with van der Waals surface area (Å²) in [5, 5.41) is 13.4. The lowest BCUT2D eigenvalue weighted by atomic mass is 10.2. The molecule has 0 aliphatic rings. The van der Waals surface area contributed by atoms with Crippen molar-refractivity contribution < 1.29 is 9.72 Å². The van der Waals surface area contributed by atoms with Crippen LogP contribution in [0.25, 0.3) is 0 Å². The number of pyridine rings is 1. The van der Waals surface area contributed by atoms with Gasteiger partial charge in [-0.15, -0.1) is 0 Å². The fourth-order valence-corrected chi connectivity index (χ4v) is 2.05. The number of halogens is 2. The lowest BCUT2D eigenvalue weighted by molar-refractivity contribution is -0.384. The molecule has 1 heterocycles. The van der Waals surface area contributed by atoms with Crippen molar-refractivity contribution in [2.24, 2.45) is 0 Å². The Balaban J connectivity index is 2.29. The molecule has 0 radical (unpaired) electrons. The molecule has 1 aromatic carbocycles. The monoisotopic (exact) mass is 355 g/mol. The van der Waals surface area contributed by atoms with Crippen LogP contribution < -0.4 is 5.32 Å². The molecule has 0 aliphatic carbocycles. The van der Waals surface area contributed by atoms with Crippen LogP contribution in [-0.4, -0.2) is 15.8 Å². The van der Waals surface area contributed by atoms with Gasteiger partial charge in [0.2, 0.25) is 0 Å². The molecule has 1 N–H and O–H groups in total. The fourth-order valence-electron chi connectivity index (χ4n) is 1.48. The van der Waals surface area contributed by atoms with Crippen LogP contribution in [0.5, 0.6) is 0 Å². The Bertz CT molecular complexity index is 693. The van der Waals surface area contributed by atoms with E-state index in [4.69, 9.17) is 11.6 Å². The third-order valence-electron chi connectivity index (χ3n) is 2.37. The van der Waals surface area contributed by atoms with Crippen molar-refractivity contribution in [1.82, 2.24) is 4.98 Å². The Morgan fingerprint density at radius 3 is 2.75 bits per heavy atom. The van der Waals surface area contributed by atoms with Crippen LogP contribution in [-0.2, 0) is 0 Å². The molecular weight excluding hydrogens is 350 g/mol. The molecule has 8 heteroatoms. The third kappa shape index (κ3) is 3.31. The molecule has 0 bridgehead atoms. The predicted octanol–water partition coefficient (Wildman–Crippen LogP) is 3.66. The number of hydrogen-bond acceptors (Lipinski definition) is 4. The van der Waals surface area contributed by atoms with Gasteiger partial charge in [0, 0.05) is 22.8 Å². The van der Waals surface area contributed by atoms with Gasteiger partial charge in [0.25, 0.3) is 11.6 Å². The van der Waals surface area contributed by atoms with Crippen LogP contribution in [0.4, 0.5) is 11.4 Å². The van der Waals surface area contributed by atoms with E-state index < -0.39 is 10.8 Å². The molecule has 0 aliphatic heterocycles. The topological polar surface area (TPSA) is 85.1 Å². The molecule has 6 nitrogen and oxygen atoms in total. The summed E-state index contributed by atoms with van der Waals surface area (Å²) < 4.78 is 0.695. The predicted molar refractivity (Wildman–Crippen MR) is 78.0 cm³/mol. The highest BCUT2D eigenvalue weighted by atomic mass is 79.9. The highest BCUT2D eigenvalue weighted by Crippen LogP contribution is 2.23. The molecule has 0 atom stereocenters. The Labute approximate surface area is 127 Å². The maximum absolute atomic E-state index is 12.1. The molecule has 0 unspecified atom stereocenters. The second-order valence-electron chi connectivity index (χ2n) is 3.77. The van der Waals surface area contributed by atoms with Crippen LogP contribution in [0.15, 0.2) is 41.1 Å². The largest absolute Gasteiger partial charge is 0.321 e. The van der Waals surface area contributed by atoms with Crippen LogP contribution in [0.2, 0.25) is 5.02 Å². The Hall–Kier alpha value is -1.99. The number of hydrogen-bond donors (Lipinski definition) is 1. The smallest absolute Gasteiger partial charge is 0.270 e. The number of non-ortho nitro benzene ring substituents is 1. The SMILES string of the molecule is O=C(Nc1cncc(Br)c1)c1cc([N+](=O)[O-])ccc1Cl. The summed E-state index contributed by atoms with van der Waals surface area (Å²) in [6.07, 6.45) is 3.02. The average Bonchev–Trinajstić information content (AvgIpc) is 2.38. The third-order valence-corrected chi connectivity index (χ3v) is 3.13. The maximum Gasteiger partial charge on any atom is 0.270 e. The molecule has 0 saturated carbocycles. The van der Waals surface area contributed by atoms with Gasteiger partial charge in [0.15, 0.2) is 0 Å². The zero-order valence-corrected chi connectivity index (χ0v) is 12.2. The number of nitro benzene ring substituents is 1. The quantitative estimate of drug-likeness (QED) is 0.672. The lowest BCUT2D eigenvalue weighted by Crippen LogP contribution is -2.13. The molecule has 0 spiro atoms. The van der Waals surface area contributed by atoms with E-state index in [1.807, 2.05) is 0 Å². The Morgan fingerprint density at radius 2 is 2.10 bits per heavy atom. The number of amides is 1. The van der Waals surface area contributed by atoms with Gasteiger partial charge in [-0.1, -0.05) is 11.6 Å². The van der Waals surface area contributed by atoms with Crippen molar-refractivity contribution in [1.29, 1.82) is 0 Å². The molecule has 2 rings (SSSR count). The summed E-state index contributed by atoms with van der Waals surface area (Å²) in [6.45, 7) is 0. The average molecular weight is 357 g/mol. The lowest BCUT2D eigenvalue weighted by Gasteiger charge is -2.06. The zero-order valence-electron chi connectivity index (χ0n) is 9.84. The van der Waals surface area contributed by atoms with Crippen LogP contribution >= 0.6 is 27.5 Å². The highest BCUT2D eigenvalue weighted by Gasteiger charge is 2.16. The number of nitro groups is 1. The number of carbonyl (C=O) groups excluding carboxylic acids is 1. The first kappa shape index (κ1) is 14.4. The van der Waals surface area contributed by atoms with E-state index in [9.17, 15) is 14.9 Å². The van der Waals surface area contributed by atoms with Crippen molar-refractivity contribution in [3.63, 3.8) is 0 Å². The summed E-state index contributed by atoms with van der Waals surface area (Å²) >= 11 is 9.11. The number of nitrogens with one attached hydrogen (secondary N) is 1. The van der Waals surface area contributed by atoms with E-state index in [-0.39, 0.29) is 16.3 Å². The van der Waals surface area contributed by atoms with E-state index in [0.29, 0.717) is 10.2 Å². The Morgan fingerprint density at radius 1 is 1.35 bits per heavy atom. The summed E-state index contributed by atoms with van der Waals surface area (Å²) in [7, 11) is 0. The number of anilines is 1. The standard InChI is InChI=1S/C12H7BrClN3O3/c13-7-3-8(6-15-5-7)16-12(18)10-4-9(17(19)20)1-2-11(10)14/h1-6H,(H,16,18). The minimum atomic E-state index is -0.590. The van der Waals surface area contributed by atoms with Crippen molar-refractivity contribution in [3.8, 4) is 0 Å². The first-order valence-electron chi connectivity index (χ1n) is 5.33. The van der Waals surface area contributed by atoms with Crippen LogP contribution in [0, 0.1) is 10.1 Å². The van der Waals surface area contributed by atoms with Gasteiger partial charge in [0.1, 0.15) is 0 Å². The summed E-state index contributed by atoms with van der Waals surface area (Å²) in [6, 6.07) is 5.33. The minimum Gasteiger partial charge on any atom is -0.321 e. The number of nitrogens with zero attached hydrogens (tertiary/aromatic N) is 2. The molecule has 0 fully saturated rings. The second kappa shape index (κ2) is 5.98. The van der Waals surface area contributed by atoms with Gasteiger partial charge >= 0.3 is 0 Å². The highest BCUT2D eigenvalue weighted by molar-refractivity contribution is 9.10. The molecule has 1 aromatic heterocycles. The van der Waals surface area contributed by atoms with Crippen LogP contribution in [0.1, 0.15) is 10.4 Å². The molecule has 20 heavy (non-hydrogen) atoms. The maximum atomic E-state index is 12.1. The first-order chi connectivity index (χ1) is 9.47. The minimum absolute atomic E-state index is 0.0286. The van der Waals surface area contributed by atoms with Gasteiger partial charge in [-0.3, -0.25) is 19.9 Å². The van der Waals surface area contributed by atoms with E-state index in [2.05, 4.69) is 26.2 Å². The van der Waals surface area contributed by atoms with E-state index in [0.717, 1.165) is 6.07 Å². The summed E-state index contributed by atoms with van der Waals surface area (Å²) in [4.78, 5) is 26.1. The molecule has 2 aromatic rings. The van der Waals surface area contributed by atoms with E-state index >= 15 is 0 Å².